The number of carbonyl (C=O) groups excluding carboxylic acids is 1. The number of nitrogens with zero attached hydrogens (tertiary/aromatic N) is 2. The molecule has 0 aromatic carbocycles. The van der Waals surface area contributed by atoms with Gasteiger partial charge in [-0.05, 0) is 44.0 Å². The van der Waals surface area contributed by atoms with Gasteiger partial charge in [0.2, 0.25) is 0 Å². The van der Waals surface area contributed by atoms with E-state index in [1.54, 1.807) is 12.4 Å². The highest BCUT2D eigenvalue weighted by atomic mass is 35.5. The van der Waals surface area contributed by atoms with Crippen molar-refractivity contribution in [2.45, 2.75) is 26.8 Å². The molecule has 0 unspecified atom stereocenters. The molecule has 0 aliphatic heterocycles. The Bertz CT molecular complexity index is 575. The molecular formula is C15H17ClN2O. The largest absolute Gasteiger partial charge is 0.348 e. The molecule has 2 aromatic rings. The van der Waals surface area contributed by atoms with E-state index < -0.39 is 0 Å². The highest BCUT2D eigenvalue weighted by Crippen LogP contribution is 2.17. The van der Waals surface area contributed by atoms with Crippen molar-refractivity contribution in [1.82, 2.24) is 9.55 Å². The second-order valence-electron chi connectivity index (χ2n) is 4.60. The molecule has 100 valence electrons. The van der Waals surface area contributed by atoms with Crippen molar-refractivity contribution >= 4 is 17.4 Å². The fraction of sp³-hybridized carbons (Fsp3) is 0.333. The molecule has 3 nitrogen and oxygen atoms in total. The SMILES string of the molecule is Cc1cc(C(=O)CCl)c(C)n1CCc1ccncc1. The molecule has 0 radical (unpaired) electrons. The Morgan fingerprint density at radius 2 is 2.00 bits per heavy atom. The minimum absolute atomic E-state index is 0.00933. The number of aryl methyl sites for hydroxylation is 2. The lowest BCUT2D eigenvalue weighted by molar-refractivity contribution is 0.102. The molecule has 0 aliphatic carbocycles. The van der Waals surface area contributed by atoms with Crippen LogP contribution in [0.5, 0.6) is 0 Å². The summed E-state index contributed by atoms with van der Waals surface area (Å²) < 4.78 is 2.17. The van der Waals surface area contributed by atoms with E-state index >= 15 is 0 Å². The minimum atomic E-state index is -0.00933. The predicted octanol–water partition coefficient (Wildman–Crippen LogP) is 3.16. The molecule has 0 atom stereocenters. The number of Topliss-reactive ketones (excluding diaryl/α,β-unsaturated/α-hetero) is 1. The third-order valence-electron chi connectivity index (χ3n) is 3.37. The highest BCUT2D eigenvalue weighted by molar-refractivity contribution is 6.30. The van der Waals surface area contributed by atoms with Crippen molar-refractivity contribution in [1.29, 1.82) is 0 Å². The molecule has 2 rings (SSSR count). The van der Waals surface area contributed by atoms with E-state index in [4.69, 9.17) is 11.6 Å². The second-order valence-corrected chi connectivity index (χ2v) is 4.87. The normalized spacial score (nSPS) is 10.7. The predicted molar refractivity (Wildman–Crippen MR) is 76.9 cm³/mol. The summed E-state index contributed by atoms with van der Waals surface area (Å²) in [6.07, 6.45) is 4.52. The lowest BCUT2D eigenvalue weighted by Gasteiger charge is -2.09. The summed E-state index contributed by atoms with van der Waals surface area (Å²) in [4.78, 5) is 15.7. The summed E-state index contributed by atoms with van der Waals surface area (Å²) in [5.41, 5.74) is 4.08. The van der Waals surface area contributed by atoms with Crippen molar-refractivity contribution in [3.8, 4) is 0 Å². The van der Waals surface area contributed by atoms with Gasteiger partial charge in [-0.3, -0.25) is 9.78 Å². The van der Waals surface area contributed by atoms with Crippen LogP contribution in [0.3, 0.4) is 0 Å². The molecule has 0 saturated carbocycles. The Morgan fingerprint density at radius 3 is 2.63 bits per heavy atom. The lowest BCUT2D eigenvalue weighted by atomic mass is 10.2. The van der Waals surface area contributed by atoms with Crippen LogP contribution < -0.4 is 0 Å². The first-order chi connectivity index (χ1) is 9.13. The Kier molecular flexibility index (Phi) is 4.38. The number of pyridine rings is 1. The smallest absolute Gasteiger partial charge is 0.179 e. The zero-order chi connectivity index (χ0) is 13.8. The van der Waals surface area contributed by atoms with E-state index in [0.717, 1.165) is 29.9 Å². The van der Waals surface area contributed by atoms with Crippen LogP contribution in [0, 0.1) is 13.8 Å². The van der Waals surface area contributed by atoms with Crippen molar-refractivity contribution in [2.24, 2.45) is 0 Å². The van der Waals surface area contributed by atoms with Crippen LogP contribution in [0.1, 0.15) is 27.3 Å². The molecule has 0 spiro atoms. The quantitative estimate of drug-likeness (QED) is 0.621. The van der Waals surface area contributed by atoms with E-state index in [0.29, 0.717) is 0 Å². The maximum absolute atomic E-state index is 11.7. The average Bonchev–Trinajstić information content (AvgIpc) is 2.72. The molecule has 0 saturated heterocycles. The molecular weight excluding hydrogens is 260 g/mol. The maximum Gasteiger partial charge on any atom is 0.179 e. The van der Waals surface area contributed by atoms with E-state index in [2.05, 4.69) is 9.55 Å². The van der Waals surface area contributed by atoms with Crippen LogP contribution in [0.25, 0.3) is 0 Å². The zero-order valence-corrected chi connectivity index (χ0v) is 11.9. The van der Waals surface area contributed by atoms with E-state index in [1.807, 2.05) is 32.0 Å². The molecule has 0 bridgehead atoms. The average molecular weight is 277 g/mol. The number of carbonyl (C=O) groups is 1. The number of hydrogen-bond acceptors (Lipinski definition) is 2. The Balaban J connectivity index is 2.17. The fourth-order valence-electron chi connectivity index (χ4n) is 2.29. The molecule has 0 N–H and O–H groups in total. The number of hydrogen-bond donors (Lipinski definition) is 0. The summed E-state index contributed by atoms with van der Waals surface area (Å²) >= 11 is 5.63. The summed E-state index contributed by atoms with van der Waals surface area (Å²) in [7, 11) is 0. The molecule has 0 aliphatic rings. The van der Waals surface area contributed by atoms with Gasteiger partial charge < -0.3 is 4.57 Å². The highest BCUT2D eigenvalue weighted by Gasteiger charge is 2.14. The summed E-state index contributed by atoms with van der Waals surface area (Å²) in [5.74, 6) is 0.0270. The maximum atomic E-state index is 11.7. The molecule has 2 aromatic heterocycles. The number of ketones is 1. The van der Waals surface area contributed by atoms with Crippen LogP contribution in [-0.2, 0) is 13.0 Å². The third kappa shape index (κ3) is 3.04. The van der Waals surface area contributed by atoms with E-state index in [-0.39, 0.29) is 11.7 Å². The van der Waals surface area contributed by atoms with Gasteiger partial charge in [0.15, 0.2) is 5.78 Å². The van der Waals surface area contributed by atoms with Crippen LogP contribution in [0.4, 0.5) is 0 Å². The van der Waals surface area contributed by atoms with Crippen molar-refractivity contribution in [3.05, 3.63) is 53.1 Å². The van der Waals surface area contributed by atoms with Gasteiger partial charge in [0.05, 0.1) is 5.88 Å². The van der Waals surface area contributed by atoms with Gasteiger partial charge in [-0.1, -0.05) is 0 Å². The van der Waals surface area contributed by atoms with Gasteiger partial charge >= 0.3 is 0 Å². The third-order valence-corrected chi connectivity index (χ3v) is 3.61. The van der Waals surface area contributed by atoms with Gasteiger partial charge in [0, 0.05) is 35.9 Å². The van der Waals surface area contributed by atoms with Gasteiger partial charge in [-0.25, -0.2) is 0 Å². The van der Waals surface area contributed by atoms with Gasteiger partial charge in [-0.2, -0.15) is 0 Å². The first-order valence-corrected chi connectivity index (χ1v) is 6.81. The number of halogens is 1. The topological polar surface area (TPSA) is 34.9 Å². The van der Waals surface area contributed by atoms with Crippen molar-refractivity contribution < 1.29 is 4.79 Å². The summed E-state index contributed by atoms with van der Waals surface area (Å²) in [6.45, 7) is 4.85. The van der Waals surface area contributed by atoms with Crippen LogP contribution in [-0.4, -0.2) is 21.2 Å². The molecule has 0 amide bonds. The summed E-state index contributed by atoms with van der Waals surface area (Å²) in [5, 5.41) is 0. The first kappa shape index (κ1) is 13.8. The number of aromatic nitrogens is 2. The number of rotatable bonds is 5. The van der Waals surface area contributed by atoms with Crippen LogP contribution in [0.15, 0.2) is 30.6 Å². The molecule has 2 heterocycles. The summed E-state index contributed by atoms with van der Waals surface area (Å²) in [6, 6.07) is 5.95. The molecule has 19 heavy (non-hydrogen) atoms. The van der Waals surface area contributed by atoms with Gasteiger partial charge in [-0.15, -0.1) is 11.6 Å². The fourth-order valence-corrected chi connectivity index (χ4v) is 2.43. The van der Waals surface area contributed by atoms with E-state index in [1.165, 1.54) is 5.56 Å². The van der Waals surface area contributed by atoms with E-state index in [9.17, 15) is 4.79 Å². The standard InChI is InChI=1S/C15H17ClN2O/c1-11-9-14(15(19)10-16)12(2)18(11)8-5-13-3-6-17-7-4-13/h3-4,6-7,9H,5,8,10H2,1-2H3. The number of alkyl halides is 1. The lowest BCUT2D eigenvalue weighted by Crippen LogP contribution is -2.07. The van der Waals surface area contributed by atoms with Gasteiger partial charge in [0.1, 0.15) is 0 Å². The second kappa shape index (κ2) is 6.02. The Morgan fingerprint density at radius 1 is 1.32 bits per heavy atom. The Labute approximate surface area is 118 Å². The zero-order valence-electron chi connectivity index (χ0n) is 11.2. The van der Waals surface area contributed by atoms with Crippen LogP contribution in [0.2, 0.25) is 0 Å². The molecule has 4 heteroatoms. The Hall–Kier alpha value is -1.61. The minimum Gasteiger partial charge on any atom is -0.348 e. The van der Waals surface area contributed by atoms with Crippen LogP contribution >= 0.6 is 11.6 Å². The van der Waals surface area contributed by atoms with Gasteiger partial charge in [0.25, 0.3) is 0 Å². The van der Waals surface area contributed by atoms with Crippen molar-refractivity contribution in [2.75, 3.05) is 5.88 Å². The molecule has 0 fully saturated rings. The first-order valence-electron chi connectivity index (χ1n) is 6.28. The monoisotopic (exact) mass is 276 g/mol. The van der Waals surface area contributed by atoms with Crippen molar-refractivity contribution in [3.63, 3.8) is 0 Å².